The Hall–Kier alpha value is -2.88. The summed E-state index contributed by atoms with van der Waals surface area (Å²) in [5.74, 6) is -1.85. The maximum atomic E-state index is 13.6. The van der Waals surface area contributed by atoms with E-state index in [4.69, 9.17) is 9.47 Å². The number of aliphatic hydroxyl groups is 1. The fourth-order valence-corrected chi connectivity index (χ4v) is 4.59. The summed E-state index contributed by atoms with van der Waals surface area (Å²) in [6.07, 6.45) is 5.77. The summed E-state index contributed by atoms with van der Waals surface area (Å²) >= 11 is 0. The Morgan fingerprint density at radius 2 is 1.89 bits per heavy atom. The van der Waals surface area contributed by atoms with E-state index in [1.54, 1.807) is 33.8 Å². The van der Waals surface area contributed by atoms with Crippen LogP contribution in [0.1, 0.15) is 72.6 Å². The molecule has 37 heavy (non-hydrogen) atoms. The molecule has 0 aromatic carbocycles. The average Bonchev–Trinajstić information content (AvgIpc) is 3.39. The highest BCUT2D eigenvalue weighted by atomic mass is 16.6. The van der Waals surface area contributed by atoms with Crippen LogP contribution in [0.5, 0.6) is 0 Å². The lowest BCUT2D eigenvalue weighted by molar-refractivity contribution is -0.150. The largest absolute Gasteiger partial charge is 0.464 e. The second-order valence-electron chi connectivity index (χ2n) is 10.7. The summed E-state index contributed by atoms with van der Waals surface area (Å²) in [5.41, 5.74) is -1.96. The molecule has 0 aromatic rings. The molecule has 1 unspecified atom stereocenters. The molecule has 1 heterocycles. The van der Waals surface area contributed by atoms with Crippen molar-refractivity contribution in [2.24, 2.45) is 5.92 Å². The summed E-state index contributed by atoms with van der Waals surface area (Å²) < 4.78 is 10.5. The quantitative estimate of drug-likeness (QED) is 0.193. The molecule has 2 rings (SSSR count). The highest BCUT2D eigenvalue weighted by Crippen LogP contribution is 2.45. The number of hydrogen-bond acceptors (Lipinski definition) is 7. The minimum absolute atomic E-state index is 0.0216. The lowest BCUT2D eigenvalue weighted by Crippen LogP contribution is -2.56. The molecule has 1 aliphatic heterocycles. The van der Waals surface area contributed by atoms with E-state index >= 15 is 0 Å². The number of β-amino-alcohol motifs (C(OH)–C–C–N with tert-alkyl or cyclic N) is 1. The lowest BCUT2D eigenvalue weighted by Gasteiger charge is -2.30. The minimum Gasteiger partial charge on any atom is -0.464 e. The smallest absolute Gasteiger partial charge is 0.408 e. The number of alkyl carbamates (subject to hydrolysis) is 1. The van der Waals surface area contributed by atoms with Gasteiger partial charge in [-0.3, -0.25) is 9.59 Å². The number of allylic oxidation sites excluding steroid dienone is 1. The number of nitrogens with one attached hydrogen (secondary N) is 2. The molecule has 0 spiro atoms. The fourth-order valence-electron chi connectivity index (χ4n) is 4.59. The van der Waals surface area contributed by atoms with Crippen LogP contribution >= 0.6 is 0 Å². The highest BCUT2D eigenvalue weighted by molar-refractivity contribution is 5.96. The lowest BCUT2D eigenvalue weighted by atomic mass is 10.0. The molecule has 2 aliphatic rings. The Labute approximate surface area is 219 Å². The Kier molecular flexibility index (Phi) is 10.7. The summed E-state index contributed by atoms with van der Waals surface area (Å²) in [5, 5.41) is 15.8. The van der Waals surface area contributed by atoms with E-state index in [-0.39, 0.29) is 25.5 Å². The van der Waals surface area contributed by atoms with Crippen molar-refractivity contribution < 1.29 is 33.8 Å². The van der Waals surface area contributed by atoms with Gasteiger partial charge in [0, 0.05) is 18.9 Å². The topological polar surface area (TPSA) is 134 Å². The Morgan fingerprint density at radius 1 is 1.19 bits per heavy atom. The number of ether oxygens (including phenoxy) is 2. The average molecular weight is 522 g/mol. The van der Waals surface area contributed by atoms with Gasteiger partial charge in [-0.2, -0.15) is 0 Å². The zero-order valence-electron chi connectivity index (χ0n) is 22.6. The zero-order chi connectivity index (χ0) is 27.8. The predicted molar refractivity (Wildman–Crippen MR) is 138 cm³/mol. The number of unbranched alkanes of at least 4 members (excludes halogenated alkanes) is 3. The van der Waals surface area contributed by atoms with E-state index in [0.717, 1.165) is 19.3 Å². The van der Waals surface area contributed by atoms with Crippen molar-refractivity contribution in [2.45, 2.75) is 102 Å². The molecule has 3 N–H and O–H groups in total. The molecular weight excluding hydrogens is 478 g/mol. The van der Waals surface area contributed by atoms with E-state index < -0.39 is 53.2 Å². The molecule has 3 amide bonds. The summed E-state index contributed by atoms with van der Waals surface area (Å²) in [4.78, 5) is 53.3. The van der Waals surface area contributed by atoms with Crippen LogP contribution in [-0.4, -0.2) is 76.4 Å². The van der Waals surface area contributed by atoms with E-state index in [2.05, 4.69) is 23.8 Å². The second kappa shape index (κ2) is 13.1. The first kappa shape index (κ1) is 30.3. The number of esters is 1. The molecule has 1 saturated heterocycles. The van der Waals surface area contributed by atoms with Crippen molar-refractivity contribution in [3.05, 3.63) is 25.3 Å². The van der Waals surface area contributed by atoms with Crippen LogP contribution < -0.4 is 10.6 Å². The second-order valence-corrected chi connectivity index (χ2v) is 10.7. The number of rotatable bonds is 13. The molecule has 0 radical (unpaired) electrons. The molecule has 2 fully saturated rings. The molecule has 0 aromatic heterocycles. The normalized spacial score (nSPS) is 25.5. The van der Waals surface area contributed by atoms with Crippen molar-refractivity contribution in [1.82, 2.24) is 15.5 Å². The molecular formula is C27H43N3O7. The maximum Gasteiger partial charge on any atom is 0.408 e. The zero-order valence-corrected chi connectivity index (χ0v) is 22.6. The molecule has 208 valence electrons. The Bertz CT molecular complexity index is 869. The van der Waals surface area contributed by atoms with Gasteiger partial charge < -0.3 is 30.1 Å². The Balaban J connectivity index is 2.17. The first-order valence-corrected chi connectivity index (χ1v) is 13.1. The van der Waals surface area contributed by atoms with Crippen LogP contribution in [0, 0.1) is 5.92 Å². The van der Waals surface area contributed by atoms with Crippen LogP contribution in [-0.2, 0) is 23.9 Å². The van der Waals surface area contributed by atoms with Gasteiger partial charge in [0.15, 0.2) is 0 Å². The van der Waals surface area contributed by atoms with Crippen LogP contribution in [0.2, 0.25) is 0 Å². The first-order valence-electron chi connectivity index (χ1n) is 13.1. The van der Waals surface area contributed by atoms with Gasteiger partial charge in [0.1, 0.15) is 23.2 Å². The van der Waals surface area contributed by atoms with Gasteiger partial charge in [-0.15, -0.1) is 13.2 Å². The molecule has 10 nitrogen and oxygen atoms in total. The van der Waals surface area contributed by atoms with Crippen LogP contribution in [0.4, 0.5) is 4.79 Å². The Morgan fingerprint density at radius 3 is 2.46 bits per heavy atom. The fraction of sp³-hybridized carbons (Fsp3) is 0.704. The van der Waals surface area contributed by atoms with E-state index in [9.17, 15) is 24.3 Å². The van der Waals surface area contributed by atoms with Gasteiger partial charge in [-0.05, 0) is 53.4 Å². The van der Waals surface area contributed by atoms with Crippen molar-refractivity contribution in [1.29, 1.82) is 0 Å². The number of carbonyl (C=O) groups excluding carboxylic acids is 4. The van der Waals surface area contributed by atoms with Crippen molar-refractivity contribution >= 4 is 23.9 Å². The van der Waals surface area contributed by atoms with Gasteiger partial charge in [-0.25, -0.2) is 9.59 Å². The molecule has 10 heteroatoms. The summed E-state index contributed by atoms with van der Waals surface area (Å²) in [6, 6.07) is -1.93. The monoisotopic (exact) mass is 521 g/mol. The predicted octanol–water partition coefficient (Wildman–Crippen LogP) is 2.60. The first-order chi connectivity index (χ1) is 17.4. The molecule has 0 bridgehead atoms. The highest BCUT2D eigenvalue weighted by Gasteiger charge is 2.62. The molecule has 5 atom stereocenters. The van der Waals surface area contributed by atoms with E-state index in [0.29, 0.717) is 19.3 Å². The minimum atomic E-state index is -1.21. The third-order valence-electron chi connectivity index (χ3n) is 6.54. The molecule has 1 aliphatic carbocycles. The van der Waals surface area contributed by atoms with Gasteiger partial charge in [-0.1, -0.05) is 25.0 Å². The third-order valence-corrected chi connectivity index (χ3v) is 6.54. The number of amides is 3. The van der Waals surface area contributed by atoms with Gasteiger partial charge in [0.05, 0.1) is 12.7 Å². The van der Waals surface area contributed by atoms with Crippen LogP contribution in [0.15, 0.2) is 25.3 Å². The summed E-state index contributed by atoms with van der Waals surface area (Å²) in [6.45, 7) is 14.4. The van der Waals surface area contributed by atoms with Crippen LogP contribution in [0.25, 0.3) is 0 Å². The maximum absolute atomic E-state index is 13.6. The number of hydrogen-bond donors (Lipinski definition) is 3. The number of nitrogens with zero attached hydrogens (tertiary/aromatic N) is 1. The van der Waals surface area contributed by atoms with Crippen molar-refractivity contribution in [3.8, 4) is 0 Å². The van der Waals surface area contributed by atoms with Gasteiger partial charge in [0.25, 0.3) is 0 Å². The van der Waals surface area contributed by atoms with Gasteiger partial charge >= 0.3 is 12.1 Å². The standard InChI is InChI=1S/C27H43N3O7/c1-7-10-11-12-13-14-20(28-25(35)37-26(4,5)6)23(33)30-17-19(31)15-21(30)22(32)29-27(16-18(27)8-2)24(34)36-9-3/h7-8,18-21,31H,1-2,9-17H2,3-6H3,(H,28,35)(H,29,32)/t18?,19-,20+,21-,27+/m0/s1. The number of carbonyl (C=O) groups is 4. The third kappa shape index (κ3) is 8.31. The van der Waals surface area contributed by atoms with Crippen molar-refractivity contribution in [2.75, 3.05) is 13.2 Å². The number of aliphatic hydroxyl groups excluding tert-OH is 1. The van der Waals surface area contributed by atoms with E-state index in [1.165, 1.54) is 4.90 Å². The van der Waals surface area contributed by atoms with E-state index in [1.807, 2.05) is 6.08 Å². The molecule has 1 saturated carbocycles. The summed E-state index contributed by atoms with van der Waals surface area (Å²) in [7, 11) is 0. The SMILES string of the molecule is C=CCCCCC[C@@H](NC(=O)OC(C)(C)C)C(=O)N1C[C@@H](O)C[C@H]1C(=O)N[C@]1(C(=O)OCC)CC1C=C. The van der Waals surface area contributed by atoms with Gasteiger partial charge in [0.2, 0.25) is 11.8 Å². The van der Waals surface area contributed by atoms with Crippen LogP contribution in [0.3, 0.4) is 0 Å². The van der Waals surface area contributed by atoms with Crippen molar-refractivity contribution in [3.63, 3.8) is 0 Å². The number of likely N-dealkylation sites (tertiary alicyclic amines) is 1.